The van der Waals surface area contributed by atoms with Crippen LogP contribution >= 0.6 is 0 Å². The molecule has 2 amide bonds. The molecule has 4 aromatic rings. The highest BCUT2D eigenvalue weighted by Gasteiger charge is 2.10. The second kappa shape index (κ2) is 9.69. The second-order valence-corrected chi connectivity index (χ2v) is 7.03. The molecule has 0 atom stereocenters. The van der Waals surface area contributed by atoms with E-state index in [-0.39, 0.29) is 0 Å². The first-order valence-electron chi connectivity index (χ1n) is 10.1. The number of aromatic nitrogens is 4. The minimum atomic E-state index is -0.405. The summed E-state index contributed by atoms with van der Waals surface area (Å²) in [6.45, 7) is 1.91. The van der Waals surface area contributed by atoms with Crippen LogP contribution in [0.3, 0.4) is 0 Å². The fourth-order valence-electron chi connectivity index (χ4n) is 3.04. The minimum absolute atomic E-state index is 0.405. The Morgan fingerprint density at radius 3 is 2.30 bits per heavy atom. The molecule has 0 saturated heterocycles. The topological polar surface area (TPSA) is 115 Å². The summed E-state index contributed by atoms with van der Waals surface area (Å²) in [4.78, 5) is 12.4. The summed E-state index contributed by atoms with van der Waals surface area (Å²) in [5, 5.41) is 21.4. The highest BCUT2D eigenvalue weighted by Crippen LogP contribution is 2.29. The van der Waals surface area contributed by atoms with Crippen molar-refractivity contribution in [3.05, 3.63) is 72.6 Å². The fourth-order valence-corrected chi connectivity index (χ4v) is 3.04. The maximum absolute atomic E-state index is 12.4. The number of ether oxygens (including phenoxy) is 2. The predicted octanol–water partition coefficient (Wildman–Crippen LogP) is 4.38. The van der Waals surface area contributed by atoms with Gasteiger partial charge in [0.2, 0.25) is 0 Å². The van der Waals surface area contributed by atoms with Crippen molar-refractivity contribution in [2.75, 3.05) is 30.2 Å². The van der Waals surface area contributed by atoms with Crippen LogP contribution in [0.25, 0.3) is 5.82 Å². The lowest BCUT2D eigenvalue weighted by Gasteiger charge is -2.13. The van der Waals surface area contributed by atoms with Crippen molar-refractivity contribution in [3.63, 3.8) is 0 Å². The predicted molar refractivity (Wildman–Crippen MR) is 126 cm³/mol. The van der Waals surface area contributed by atoms with Gasteiger partial charge in [0.1, 0.15) is 11.5 Å². The molecule has 0 fully saturated rings. The molecule has 10 heteroatoms. The third-order valence-corrected chi connectivity index (χ3v) is 4.68. The molecule has 0 aliphatic heterocycles. The number of nitrogens with one attached hydrogen (secondary N) is 3. The Kier molecular flexibility index (Phi) is 6.35. The Bertz CT molecular complexity index is 1240. The third-order valence-electron chi connectivity index (χ3n) is 4.68. The van der Waals surface area contributed by atoms with Gasteiger partial charge in [-0.05, 0) is 61.5 Å². The van der Waals surface area contributed by atoms with Gasteiger partial charge in [-0.15, -0.1) is 10.2 Å². The largest absolute Gasteiger partial charge is 0.497 e. The maximum atomic E-state index is 12.4. The van der Waals surface area contributed by atoms with E-state index >= 15 is 0 Å². The van der Waals surface area contributed by atoms with Gasteiger partial charge in [-0.3, -0.25) is 0 Å². The number of hydrogen-bond acceptors (Lipinski definition) is 7. The lowest BCUT2D eigenvalue weighted by molar-refractivity contribution is 0.262. The van der Waals surface area contributed by atoms with Gasteiger partial charge in [-0.2, -0.15) is 5.10 Å². The number of carbonyl (C=O) groups excluding carboxylic acids is 1. The summed E-state index contributed by atoms with van der Waals surface area (Å²) in [6, 6.07) is 17.5. The van der Waals surface area contributed by atoms with Gasteiger partial charge >= 0.3 is 6.03 Å². The Morgan fingerprint density at radius 1 is 0.879 bits per heavy atom. The molecule has 2 aromatic carbocycles. The fraction of sp³-hybridized carbons (Fsp3) is 0.130. The molecule has 0 unspecified atom stereocenters. The number of benzene rings is 2. The highest BCUT2D eigenvalue weighted by molar-refractivity contribution is 6.00. The first-order chi connectivity index (χ1) is 16.0. The monoisotopic (exact) mass is 445 g/mol. The average Bonchev–Trinajstić information content (AvgIpc) is 3.27. The van der Waals surface area contributed by atoms with Crippen molar-refractivity contribution >= 4 is 28.9 Å². The molecular weight excluding hydrogens is 422 g/mol. The molecule has 4 rings (SSSR count). The normalized spacial score (nSPS) is 10.4. The zero-order valence-electron chi connectivity index (χ0n) is 18.4. The number of hydrogen-bond donors (Lipinski definition) is 3. The quantitative estimate of drug-likeness (QED) is 0.387. The van der Waals surface area contributed by atoms with Crippen LogP contribution in [-0.4, -0.2) is 40.2 Å². The molecule has 0 radical (unpaired) electrons. The first-order valence-corrected chi connectivity index (χ1v) is 10.1. The first kappa shape index (κ1) is 21.6. The standard InChI is InChI=1S/C23H23N7O3/c1-15-12-13-30(29-15)22-11-10-21(27-28-22)24-16-4-6-17(7-5-16)25-23(31)26-19-14-18(32-2)8-9-20(19)33-3/h4-14H,1-3H3,(H,24,27)(H2,25,26,31). The van der Waals surface area contributed by atoms with Crippen LogP contribution < -0.4 is 25.4 Å². The SMILES string of the molecule is COc1ccc(OC)c(NC(=O)Nc2ccc(Nc3ccc(-n4ccc(C)n4)nn3)cc2)c1. The van der Waals surface area contributed by atoms with E-state index in [9.17, 15) is 4.79 Å². The summed E-state index contributed by atoms with van der Waals surface area (Å²) in [5.41, 5.74) is 2.83. The van der Waals surface area contributed by atoms with E-state index in [1.807, 2.05) is 43.5 Å². The molecule has 0 aliphatic rings. The maximum Gasteiger partial charge on any atom is 0.323 e. The molecule has 0 spiro atoms. The summed E-state index contributed by atoms with van der Waals surface area (Å²) in [5.74, 6) is 2.36. The molecule has 10 nitrogen and oxygen atoms in total. The molecule has 2 aromatic heterocycles. The Hall–Kier alpha value is -4.60. The van der Waals surface area contributed by atoms with Gasteiger partial charge in [0.05, 0.1) is 25.6 Å². The molecule has 168 valence electrons. The van der Waals surface area contributed by atoms with E-state index in [1.54, 1.807) is 42.1 Å². The van der Waals surface area contributed by atoms with Crippen molar-refractivity contribution in [1.82, 2.24) is 20.0 Å². The van der Waals surface area contributed by atoms with E-state index in [0.717, 1.165) is 11.4 Å². The van der Waals surface area contributed by atoms with Crippen LogP contribution in [0.2, 0.25) is 0 Å². The molecule has 3 N–H and O–H groups in total. The van der Waals surface area contributed by atoms with Crippen molar-refractivity contribution in [2.45, 2.75) is 6.92 Å². The third kappa shape index (κ3) is 5.37. The highest BCUT2D eigenvalue weighted by atomic mass is 16.5. The number of rotatable bonds is 7. The molecule has 0 bridgehead atoms. The van der Waals surface area contributed by atoms with Crippen LogP contribution in [-0.2, 0) is 0 Å². The van der Waals surface area contributed by atoms with Gasteiger partial charge in [0.15, 0.2) is 11.6 Å². The van der Waals surface area contributed by atoms with E-state index in [4.69, 9.17) is 9.47 Å². The van der Waals surface area contributed by atoms with Crippen molar-refractivity contribution in [3.8, 4) is 17.3 Å². The summed E-state index contributed by atoms with van der Waals surface area (Å²) >= 11 is 0. The van der Waals surface area contributed by atoms with Crippen LogP contribution in [0, 0.1) is 6.92 Å². The minimum Gasteiger partial charge on any atom is -0.497 e. The summed E-state index contributed by atoms with van der Waals surface area (Å²) < 4.78 is 12.1. The van der Waals surface area contributed by atoms with Crippen molar-refractivity contribution in [1.29, 1.82) is 0 Å². The number of nitrogens with zero attached hydrogens (tertiary/aromatic N) is 4. The van der Waals surface area contributed by atoms with Crippen LogP contribution in [0.5, 0.6) is 11.5 Å². The smallest absolute Gasteiger partial charge is 0.323 e. The Balaban J connectivity index is 1.36. The van der Waals surface area contributed by atoms with E-state index in [2.05, 4.69) is 31.2 Å². The molecule has 33 heavy (non-hydrogen) atoms. The zero-order valence-corrected chi connectivity index (χ0v) is 18.4. The number of amides is 2. The van der Waals surface area contributed by atoms with Gasteiger partial charge in [0, 0.05) is 23.6 Å². The average molecular weight is 445 g/mol. The number of carbonyl (C=O) groups is 1. The van der Waals surface area contributed by atoms with Gasteiger partial charge in [-0.25, -0.2) is 9.48 Å². The van der Waals surface area contributed by atoms with E-state index in [1.165, 1.54) is 7.11 Å². The van der Waals surface area contributed by atoms with Gasteiger partial charge in [-0.1, -0.05) is 0 Å². The summed E-state index contributed by atoms with van der Waals surface area (Å²) in [7, 11) is 3.09. The van der Waals surface area contributed by atoms with Crippen molar-refractivity contribution < 1.29 is 14.3 Å². The number of anilines is 4. The van der Waals surface area contributed by atoms with Crippen LogP contribution in [0.4, 0.5) is 27.7 Å². The molecule has 0 aliphatic carbocycles. The van der Waals surface area contributed by atoms with E-state index < -0.39 is 6.03 Å². The van der Waals surface area contributed by atoms with Gasteiger partial charge in [0.25, 0.3) is 0 Å². The van der Waals surface area contributed by atoms with Crippen LogP contribution in [0.15, 0.2) is 66.9 Å². The lowest BCUT2D eigenvalue weighted by atomic mass is 10.2. The number of methoxy groups -OCH3 is 2. The van der Waals surface area contributed by atoms with Gasteiger partial charge < -0.3 is 25.4 Å². The Labute approximate surface area is 190 Å². The molecule has 2 heterocycles. The second-order valence-electron chi connectivity index (χ2n) is 7.03. The number of aryl methyl sites for hydroxylation is 1. The number of urea groups is 1. The van der Waals surface area contributed by atoms with Crippen LogP contribution in [0.1, 0.15) is 5.69 Å². The lowest BCUT2D eigenvalue weighted by Crippen LogP contribution is -2.19. The van der Waals surface area contributed by atoms with E-state index in [0.29, 0.717) is 34.5 Å². The zero-order chi connectivity index (χ0) is 23.2. The van der Waals surface area contributed by atoms with Crippen molar-refractivity contribution in [2.24, 2.45) is 0 Å². The molecular formula is C23H23N7O3. The Morgan fingerprint density at radius 2 is 1.67 bits per heavy atom. The molecule has 0 saturated carbocycles. The summed E-state index contributed by atoms with van der Waals surface area (Å²) in [6.07, 6.45) is 1.83.